The number of alkyl carbamates (subject to hydrolysis) is 1. The van der Waals surface area contributed by atoms with Gasteiger partial charge in [-0.2, -0.15) is 0 Å². The fraction of sp³-hybridized carbons (Fsp3) is 0.593. The van der Waals surface area contributed by atoms with E-state index in [1.54, 1.807) is 0 Å². The number of benzene rings is 1. The molecule has 1 N–H and O–H groups in total. The van der Waals surface area contributed by atoms with Crippen molar-refractivity contribution in [2.75, 3.05) is 20.3 Å². The van der Waals surface area contributed by atoms with Crippen molar-refractivity contribution in [3.8, 4) is 0 Å². The molecule has 9 heteroatoms. The minimum Gasteiger partial charge on any atom is -0.467 e. The van der Waals surface area contributed by atoms with Gasteiger partial charge in [0.25, 0.3) is 0 Å². The van der Waals surface area contributed by atoms with E-state index in [9.17, 15) is 14.4 Å². The first-order valence-corrected chi connectivity index (χ1v) is 13.1. The van der Waals surface area contributed by atoms with Crippen molar-refractivity contribution in [2.24, 2.45) is 5.41 Å². The van der Waals surface area contributed by atoms with Gasteiger partial charge >= 0.3 is 12.1 Å². The molecular weight excluding hydrogens is 528 g/mol. The van der Waals surface area contributed by atoms with Gasteiger partial charge in [-0.1, -0.05) is 61.0 Å². The first-order valence-electron chi connectivity index (χ1n) is 12.4. The second-order valence-corrected chi connectivity index (χ2v) is 10.9. The Morgan fingerprint density at radius 1 is 1.22 bits per heavy atom. The molecule has 2 amide bonds. The quantitative estimate of drug-likeness (QED) is 0.217. The van der Waals surface area contributed by atoms with Gasteiger partial charge in [-0.05, 0) is 42.7 Å². The van der Waals surface area contributed by atoms with Crippen molar-refractivity contribution in [1.82, 2.24) is 10.2 Å². The minimum absolute atomic E-state index is 0.218. The third-order valence-corrected chi connectivity index (χ3v) is 6.89. The largest absolute Gasteiger partial charge is 0.467 e. The first-order chi connectivity index (χ1) is 17.1. The van der Waals surface area contributed by atoms with E-state index in [-0.39, 0.29) is 25.2 Å². The number of amides is 2. The summed E-state index contributed by atoms with van der Waals surface area (Å²) in [6.45, 7) is 10.1. The average Bonchev–Trinajstić information content (AvgIpc) is 3.27. The highest BCUT2D eigenvalue weighted by atomic mass is 79.9. The number of ether oxygens (including phenoxy) is 3. The van der Waals surface area contributed by atoms with Crippen LogP contribution in [0, 0.1) is 5.41 Å². The molecule has 1 aromatic rings. The van der Waals surface area contributed by atoms with Crippen LogP contribution in [-0.2, 0) is 30.4 Å². The van der Waals surface area contributed by atoms with Crippen LogP contribution in [0.25, 0.3) is 0 Å². The maximum Gasteiger partial charge on any atom is 0.407 e. The van der Waals surface area contributed by atoms with E-state index in [4.69, 9.17) is 14.2 Å². The fourth-order valence-electron chi connectivity index (χ4n) is 4.05. The molecule has 2 rings (SSSR count). The van der Waals surface area contributed by atoms with Crippen LogP contribution < -0.4 is 5.32 Å². The summed E-state index contributed by atoms with van der Waals surface area (Å²) in [5, 5.41) is 2.73. The third kappa shape index (κ3) is 8.92. The molecule has 0 aliphatic carbocycles. The maximum absolute atomic E-state index is 13.7. The number of unbranched alkanes of at least 4 members (excludes halogenated alkanes) is 3. The zero-order valence-corrected chi connectivity index (χ0v) is 23.3. The molecule has 1 fully saturated rings. The standard InChI is InChI=1S/C27H39BrN2O6/c1-6-7-8-9-12-15-35-26(33)29-23(27(2,3)4)24(31)30-17-20(16-22(30)25(32)34-5)36-18-19-13-10-11-14-21(19)28/h6,10-11,13-14,20,22-23H,1,7-9,12,15-18H2,2-5H3,(H,29,33)/t20-,22+,23-/m1/s1. The predicted molar refractivity (Wildman–Crippen MR) is 141 cm³/mol. The summed E-state index contributed by atoms with van der Waals surface area (Å²) in [4.78, 5) is 40.2. The lowest BCUT2D eigenvalue weighted by Gasteiger charge is -2.34. The lowest BCUT2D eigenvalue weighted by Crippen LogP contribution is -2.57. The Kier molecular flexibility index (Phi) is 11.9. The summed E-state index contributed by atoms with van der Waals surface area (Å²) in [7, 11) is 1.30. The Labute approximate surface area is 222 Å². The van der Waals surface area contributed by atoms with Crippen LogP contribution >= 0.6 is 15.9 Å². The molecule has 0 radical (unpaired) electrons. The van der Waals surface area contributed by atoms with Gasteiger partial charge in [-0.15, -0.1) is 6.58 Å². The highest BCUT2D eigenvalue weighted by molar-refractivity contribution is 9.10. The number of halogens is 1. The van der Waals surface area contributed by atoms with Gasteiger partial charge in [-0.3, -0.25) is 4.79 Å². The molecule has 1 aliphatic heterocycles. The van der Waals surface area contributed by atoms with Crippen LogP contribution in [0.4, 0.5) is 4.79 Å². The molecule has 0 aromatic heterocycles. The Bertz CT molecular complexity index is 900. The summed E-state index contributed by atoms with van der Waals surface area (Å²) in [5.41, 5.74) is 0.354. The molecule has 0 spiro atoms. The zero-order valence-electron chi connectivity index (χ0n) is 21.8. The summed E-state index contributed by atoms with van der Waals surface area (Å²) in [6.07, 6.45) is 4.76. The molecule has 8 nitrogen and oxygen atoms in total. The van der Waals surface area contributed by atoms with Crippen LogP contribution in [-0.4, -0.2) is 61.3 Å². The summed E-state index contributed by atoms with van der Waals surface area (Å²) in [6, 6.07) is 6.04. The van der Waals surface area contributed by atoms with Crippen molar-refractivity contribution in [3.63, 3.8) is 0 Å². The van der Waals surface area contributed by atoms with E-state index < -0.39 is 29.6 Å². The van der Waals surface area contributed by atoms with Crippen molar-refractivity contribution in [2.45, 2.75) is 77.7 Å². The molecule has 1 aromatic carbocycles. The highest BCUT2D eigenvalue weighted by Gasteiger charge is 2.46. The van der Waals surface area contributed by atoms with Gasteiger partial charge in [0.15, 0.2) is 0 Å². The van der Waals surface area contributed by atoms with Crippen LogP contribution in [0.5, 0.6) is 0 Å². The average molecular weight is 568 g/mol. The number of hydrogen-bond donors (Lipinski definition) is 1. The number of likely N-dealkylation sites (tertiary alicyclic amines) is 1. The molecule has 1 heterocycles. The van der Waals surface area contributed by atoms with Crippen molar-refractivity contribution >= 4 is 33.9 Å². The van der Waals surface area contributed by atoms with Crippen LogP contribution in [0.3, 0.4) is 0 Å². The van der Waals surface area contributed by atoms with Gasteiger partial charge in [0.05, 0.1) is 26.4 Å². The van der Waals surface area contributed by atoms with Crippen LogP contribution in [0.1, 0.15) is 58.4 Å². The molecule has 36 heavy (non-hydrogen) atoms. The maximum atomic E-state index is 13.7. The molecular formula is C27H39BrN2O6. The van der Waals surface area contributed by atoms with Crippen LogP contribution in [0.15, 0.2) is 41.4 Å². The van der Waals surface area contributed by atoms with Gasteiger partial charge in [-0.25, -0.2) is 9.59 Å². The number of hydrogen-bond acceptors (Lipinski definition) is 6. The molecule has 0 saturated carbocycles. The van der Waals surface area contributed by atoms with E-state index in [2.05, 4.69) is 27.8 Å². The fourth-order valence-corrected chi connectivity index (χ4v) is 4.45. The van der Waals surface area contributed by atoms with Crippen LogP contribution in [0.2, 0.25) is 0 Å². The first kappa shape index (κ1) is 29.8. The minimum atomic E-state index is -0.889. The number of methoxy groups -OCH3 is 1. The number of carbonyl (C=O) groups excluding carboxylic acids is 3. The molecule has 1 saturated heterocycles. The molecule has 3 atom stereocenters. The van der Waals surface area contributed by atoms with E-state index >= 15 is 0 Å². The third-order valence-electron chi connectivity index (χ3n) is 6.11. The Morgan fingerprint density at radius 2 is 1.94 bits per heavy atom. The van der Waals surface area contributed by atoms with E-state index in [1.165, 1.54) is 12.0 Å². The smallest absolute Gasteiger partial charge is 0.407 e. The SMILES string of the molecule is C=CCCCCCOC(=O)N[C@H](C(=O)N1C[C@H](OCc2ccccc2Br)C[C@H]1C(=O)OC)C(C)(C)C. The van der Waals surface area contributed by atoms with Crippen molar-refractivity contribution in [3.05, 3.63) is 47.0 Å². The van der Waals surface area contributed by atoms with Crippen molar-refractivity contribution < 1.29 is 28.6 Å². The second-order valence-electron chi connectivity index (χ2n) is 10.0. The number of rotatable bonds is 12. The lowest BCUT2D eigenvalue weighted by molar-refractivity contribution is -0.152. The number of carbonyl (C=O) groups is 3. The summed E-state index contributed by atoms with van der Waals surface area (Å²) in [5.74, 6) is -0.877. The summed E-state index contributed by atoms with van der Waals surface area (Å²) < 4.78 is 17.3. The van der Waals surface area contributed by atoms with E-state index in [0.29, 0.717) is 13.0 Å². The van der Waals surface area contributed by atoms with E-state index in [0.717, 1.165) is 35.7 Å². The topological polar surface area (TPSA) is 94.2 Å². The number of allylic oxidation sites excluding steroid dienone is 1. The van der Waals surface area contributed by atoms with Gasteiger partial charge in [0.2, 0.25) is 5.91 Å². The Balaban J connectivity index is 2.05. The molecule has 200 valence electrons. The normalized spacial score (nSPS) is 18.4. The predicted octanol–water partition coefficient (Wildman–Crippen LogP) is 5.00. The van der Waals surface area contributed by atoms with Crippen molar-refractivity contribution in [1.29, 1.82) is 0 Å². The monoisotopic (exact) mass is 566 g/mol. The van der Waals surface area contributed by atoms with Gasteiger partial charge < -0.3 is 24.4 Å². The molecule has 0 bridgehead atoms. The number of nitrogens with one attached hydrogen (secondary N) is 1. The lowest BCUT2D eigenvalue weighted by atomic mass is 9.85. The van der Waals surface area contributed by atoms with Gasteiger partial charge in [0, 0.05) is 17.4 Å². The number of esters is 1. The Morgan fingerprint density at radius 3 is 2.58 bits per heavy atom. The molecule has 1 aliphatic rings. The van der Waals surface area contributed by atoms with E-state index in [1.807, 2.05) is 51.1 Å². The second kappa shape index (κ2) is 14.4. The zero-order chi connectivity index (χ0) is 26.7. The summed E-state index contributed by atoms with van der Waals surface area (Å²) >= 11 is 3.51. The number of nitrogens with zero attached hydrogens (tertiary/aromatic N) is 1. The molecule has 0 unspecified atom stereocenters. The van der Waals surface area contributed by atoms with Gasteiger partial charge in [0.1, 0.15) is 12.1 Å². The highest BCUT2D eigenvalue weighted by Crippen LogP contribution is 2.28. The Hall–Kier alpha value is -2.39.